The third kappa shape index (κ3) is 3.53. The minimum atomic E-state index is 0.578. The first kappa shape index (κ1) is 12.6. The largest absolute Gasteiger partial charge is 0.125 e. The van der Waals surface area contributed by atoms with E-state index in [2.05, 4.69) is 42.1 Å². The normalized spacial score (nSPS) is 10.2. The van der Waals surface area contributed by atoms with Crippen molar-refractivity contribution in [1.29, 1.82) is 0 Å². The van der Waals surface area contributed by atoms with Gasteiger partial charge in [-0.05, 0) is 24.5 Å². The first-order valence-electron chi connectivity index (χ1n) is 4.89. The molecule has 0 atom stereocenters. The molecule has 0 saturated heterocycles. The summed E-state index contributed by atoms with van der Waals surface area (Å²) in [6.45, 7) is 8.06. The summed E-state index contributed by atoms with van der Waals surface area (Å²) in [5.74, 6) is 0.578. The van der Waals surface area contributed by atoms with Crippen LogP contribution in [0.2, 0.25) is 5.02 Å². The van der Waals surface area contributed by atoms with Gasteiger partial charge in [-0.3, -0.25) is 0 Å². The minimum absolute atomic E-state index is 0.578. The van der Waals surface area contributed by atoms with Crippen molar-refractivity contribution in [3.63, 3.8) is 0 Å². The SMILES string of the molecule is C=C=C(CC(C)C)c1ccc(Br)cc1Cl. The highest BCUT2D eigenvalue weighted by atomic mass is 79.9. The smallest absolute Gasteiger partial charge is 0.0498 e. The van der Waals surface area contributed by atoms with Crippen molar-refractivity contribution < 1.29 is 0 Å². The van der Waals surface area contributed by atoms with Crippen LogP contribution in [0.3, 0.4) is 0 Å². The van der Waals surface area contributed by atoms with Crippen LogP contribution in [-0.2, 0) is 0 Å². The van der Waals surface area contributed by atoms with Crippen LogP contribution in [0.1, 0.15) is 25.8 Å². The van der Waals surface area contributed by atoms with E-state index in [1.165, 1.54) is 0 Å². The zero-order valence-corrected chi connectivity index (χ0v) is 11.3. The molecule has 0 aliphatic rings. The Labute approximate surface area is 105 Å². The van der Waals surface area contributed by atoms with Crippen molar-refractivity contribution in [2.24, 2.45) is 5.92 Å². The molecule has 2 heteroatoms. The summed E-state index contributed by atoms with van der Waals surface area (Å²) in [6.07, 6.45) is 0.949. The molecule has 0 fully saturated rings. The molecule has 0 amide bonds. The second-order valence-electron chi connectivity index (χ2n) is 3.88. The van der Waals surface area contributed by atoms with Gasteiger partial charge in [0.05, 0.1) is 0 Å². The molecule has 0 radical (unpaired) electrons. The summed E-state index contributed by atoms with van der Waals surface area (Å²) in [5.41, 5.74) is 5.09. The molecule has 0 aliphatic carbocycles. The molecule has 0 N–H and O–H groups in total. The molecular weight excluding hydrogens is 272 g/mol. The van der Waals surface area contributed by atoms with E-state index in [1.807, 2.05) is 18.2 Å². The Morgan fingerprint density at radius 1 is 1.53 bits per heavy atom. The van der Waals surface area contributed by atoms with E-state index in [1.54, 1.807) is 0 Å². The summed E-state index contributed by atoms with van der Waals surface area (Å²) in [4.78, 5) is 0. The van der Waals surface area contributed by atoms with Crippen LogP contribution in [0.15, 0.2) is 35.0 Å². The zero-order valence-electron chi connectivity index (χ0n) is 8.98. The minimum Gasteiger partial charge on any atom is -0.125 e. The maximum atomic E-state index is 6.17. The van der Waals surface area contributed by atoms with E-state index < -0.39 is 0 Å². The van der Waals surface area contributed by atoms with Crippen LogP contribution in [0.25, 0.3) is 5.57 Å². The highest BCUT2D eigenvalue weighted by Crippen LogP contribution is 2.30. The summed E-state index contributed by atoms with van der Waals surface area (Å²) in [7, 11) is 0. The van der Waals surface area contributed by atoms with Gasteiger partial charge < -0.3 is 0 Å². The Hall–Kier alpha value is -0.490. The van der Waals surface area contributed by atoms with Crippen LogP contribution < -0.4 is 0 Å². The molecule has 0 nitrogen and oxygen atoms in total. The van der Waals surface area contributed by atoms with Crippen molar-refractivity contribution in [2.45, 2.75) is 20.3 Å². The van der Waals surface area contributed by atoms with Crippen LogP contribution in [0, 0.1) is 5.92 Å². The van der Waals surface area contributed by atoms with Crippen LogP contribution in [-0.4, -0.2) is 0 Å². The number of hydrogen-bond donors (Lipinski definition) is 0. The number of halogens is 2. The van der Waals surface area contributed by atoms with Crippen LogP contribution in [0.4, 0.5) is 0 Å². The molecule has 1 rings (SSSR count). The quantitative estimate of drug-likeness (QED) is 0.660. The molecule has 0 heterocycles. The van der Waals surface area contributed by atoms with Gasteiger partial charge in [0.15, 0.2) is 0 Å². The average molecular weight is 286 g/mol. The Morgan fingerprint density at radius 3 is 2.67 bits per heavy atom. The molecule has 15 heavy (non-hydrogen) atoms. The van der Waals surface area contributed by atoms with Crippen molar-refractivity contribution in [1.82, 2.24) is 0 Å². The Balaban J connectivity index is 3.09. The van der Waals surface area contributed by atoms with E-state index in [0.717, 1.165) is 27.1 Å². The predicted octanol–water partition coefficient (Wildman–Crippen LogP) is 5.32. The third-order valence-electron chi connectivity index (χ3n) is 2.08. The highest BCUT2D eigenvalue weighted by Gasteiger charge is 2.08. The molecular formula is C13H14BrCl. The van der Waals surface area contributed by atoms with E-state index in [-0.39, 0.29) is 0 Å². The van der Waals surface area contributed by atoms with Gasteiger partial charge in [0.25, 0.3) is 0 Å². The fourth-order valence-electron chi connectivity index (χ4n) is 1.42. The Morgan fingerprint density at radius 2 is 2.20 bits per heavy atom. The van der Waals surface area contributed by atoms with Crippen molar-refractivity contribution in [2.75, 3.05) is 0 Å². The van der Waals surface area contributed by atoms with E-state index in [9.17, 15) is 0 Å². The van der Waals surface area contributed by atoms with Gasteiger partial charge >= 0.3 is 0 Å². The van der Waals surface area contributed by atoms with E-state index >= 15 is 0 Å². The Bertz CT molecular complexity index is 401. The lowest BCUT2D eigenvalue weighted by Gasteiger charge is -2.10. The first-order chi connectivity index (χ1) is 7.04. The van der Waals surface area contributed by atoms with Crippen molar-refractivity contribution in [3.8, 4) is 0 Å². The number of allylic oxidation sites excluding steroid dienone is 1. The maximum Gasteiger partial charge on any atom is 0.0498 e. The highest BCUT2D eigenvalue weighted by molar-refractivity contribution is 9.10. The van der Waals surface area contributed by atoms with Crippen LogP contribution in [0.5, 0.6) is 0 Å². The molecule has 0 bridgehead atoms. The zero-order chi connectivity index (χ0) is 11.4. The lowest BCUT2D eigenvalue weighted by Crippen LogP contribution is -1.91. The van der Waals surface area contributed by atoms with E-state index in [0.29, 0.717) is 5.92 Å². The Kier molecular flexibility index (Phi) is 4.66. The van der Waals surface area contributed by atoms with Gasteiger partial charge in [0, 0.05) is 20.6 Å². The lowest BCUT2D eigenvalue weighted by molar-refractivity contribution is 0.674. The first-order valence-corrected chi connectivity index (χ1v) is 6.06. The number of hydrogen-bond acceptors (Lipinski definition) is 0. The summed E-state index contributed by atoms with van der Waals surface area (Å²) in [6, 6.07) is 5.88. The third-order valence-corrected chi connectivity index (χ3v) is 2.89. The number of rotatable bonds is 3. The fourth-order valence-corrected chi connectivity index (χ4v) is 2.21. The molecule has 0 aromatic heterocycles. The lowest BCUT2D eigenvalue weighted by atomic mass is 9.97. The summed E-state index contributed by atoms with van der Waals surface area (Å²) < 4.78 is 0.990. The van der Waals surface area contributed by atoms with Gasteiger partial charge in [0.2, 0.25) is 0 Å². The molecule has 80 valence electrons. The predicted molar refractivity (Wildman–Crippen MR) is 71.2 cm³/mol. The molecule has 1 aromatic carbocycles. The van der Waals surface area contributed by atoms with Crippen molar-refractivity contribution >= 4 is 33.1 Å². The van der Waals surface area contributed by atoms with Gasteiger partial charge in [-0.2, -0.15) is 0 Å². The molecule has 0 aliphatic heterocycles. The topological polar surface area (TPSA) is 0 Å². The van der Waals surface area contributed by atoms with Crippen LogP contribution >= 0.6 is 27.5 Å². The molecule has 1 aromatic rings. The second-order valence-corrected chi connectivity index (χ2v) is 5.20. The number of benzene rings is 1. The maximum absolute atomic E-state index is 6.17. The van der Waals surface area contributed by atoms with Gasteiger partial charge in [-0.25, -0.2) is 0 Å². The second kappa shape index (κ2) is 5.55. The average Bonchev–Trinajstić information content (AvgIpc) is 2.14. The van der Waals surface area contributed by atoms with Gasteiger partial charge in [-0.15, -0.1) is 5.73 Å². The monoisotopic (exact) mass is 284 g/mol. The summed E-state index contributed by atoms with van der Waals surface area (Å²) >= 11 is 9.56. The van der Waals surface area contributed by atoms with Gasteiger partial charge in [-0.1, -0.05) is 54.0 Å². The summed E-state index contributed by atoms with van der Waals surface area (Å²) in [5, 5.41) is 0.746. The van der Waals surface area contributed by atoms with E-state index in [4.69, 9.17) is 11.6 Å². The molecule has 0 saturated carbocycles. The van der Waals surface area contributed by atoms with Gasteiger partial charge in [0.1, 0.15) is 0 Å². The van der Waals surface area contributed by atoms with Crippen molar-refractivity contribution in [3.05, 3.63) is 45.6 Å². The molecule has 0 spiro atoms. The fraction of sp³-hybridized carbons (Fsp3) is 0.308. The molecule has 0 unspecified atom stereocenters. The standard InChI is InChI=1S/C13H14BrCl/c1-4-10(7-9(2)3)12-6-5-11(14)8-13(12)15/h5-6,8-9H,1,7H2,2-3H3.